The van der Waals surface area contributed by atoms with Gasteiger partial charge in [-0.15, -0.1) is 12.4 Å². The van der Waals surface area contributed by atoms with E-state index in [1.807, 2.05) is 0 Å². The number of non-ortho nitro benzene ring substituents is 1. The number of nitrogens with two attached hydrogens (primary N) is 1. The maximum Gasteiger partial charge on any atom is 0.273 e. The van der Waals surface area contributed by atoms with Gasteiger partial charge < -0.3 is 20.7 Å². The van der Waals surface area contributed by atoms with Gasteiger partial charge in [-0.2, -0.15) is 0 Å². The van der Waals surface area contributed by atoms with Gasteiger partial charge in [0.1, 0.15) is 0 Å². The smallest absolute Gasteiger partial charge is 0.273 e. The second kappa shape index (κ2) is 8.33. The topological polar surface area (TPSA) is 119 Å². The molecule has 1 aliphatic carbocycles. The van der Waals surface area contributed by atoms with Crippen molar-refractivity contribution >= 4 is 18.1 Å². The first-order chi connectivity index (χ1) is 10.5. The Kier molecular flexibility index (Phi) is 7.05. The zero-order valence-electron chi connectivity index (χ0n) is 13.0. The first-order valence-corrected chi connectivity index (χ1v) is 7.44. The molecule has 4 N–H and O–H groups in total. The summed E-state index contributed by atoms with van der Waals surface area (Å²) < 4.78 is 4.96. The molecule has 0 radical (unpaired) electrons. The number of ether oxygens (including phenoxy) is 1. The zero-order chi connectivity index (χ0) is 16.3. The van der Waals surface area contributed by atoms with Gasteiger partial charge >= 0.3 is 0 Å². The number of hydrogen-bond donors (Lipinski definition) is 3. The molecule has 2 rings (SSSR count). The number of phenolic OH excluding ortho intramolecular Hbond substituents is 1. The molecule has 8 heteroatoms. The van der Waals surface area contributed by atoms with Crippen molar-refractivity contribution in [3.8, 4) is 11.5 Å². The summed E-state index contributed by atoms with van der Waals surface area (Å²) >= 11 is 0. The number of nitrogens with zero attached hydrogens (tertiary/aromatic N) is 1. The van der Waals surface area contributed by atoms with E-state index in [4.69, 9.17) is 10.5 Å². The maximum atomic E-state index is 11.0. The Bertz CT molecular complexity index is 549. The third-order valence-corrected chi connectivity index (χ3v) is 4.38. The minimum Gasteiger partial charge on any atom is -0.504 e. The van der Waals surface area contributed by atoms with Crippen LogP contribution < -0.4 is 10.5 Å². The van der Waals surface area contributed by atoms with Crippen LogP contribution in [-0.2, 0) is 0 Å². The number of methoxy groups -OCH3 is 1. The molecule has 0 saturated heterocycles. The first-order valence-electron chi connectivity index (χ1n) is 7.44. The van der Waals surface area contributed by atoms with Gasteiger partial charge in [0.05, 0.1) is 30.2 Å². The number of hydrogen-bond acceptors (Lipinski definition) is 6. The Labute approximate surface area is 141 Å². The molecule has 0 aliphatic heterocycles. The quantitative estimate of drug-likeness (QED) is 0.557. The third-order valence-electron chi connectivity index (χ3n) is 4.38. The summed E-state index contributed by atoms with van der Waals surface area (Å²) in [6.07, 6.45) is 4.13. The van der Waals surface area contributed by atoms with Crippen LogP contribution in [0.4, 0.5) is 5.69 Å². The highest BCUT2D eigenvalue weighted by Gasteiger charge is 2.31. The van der Waals surface area contributed by atoms with Crippen LogP contribution in [-0.4, -0.2) is 28.4 Å². The minimum absolute atomic E-state index is 0. The normalized spacial score (nSPS) is 17.9. The molecule has 0 bridgehead atoms. The van der Waals surface area contributed by atoms with Crippen molar-refractivity contribution in [3.05, 3.63) is 27.8 Å². The standard InChI is InChI=1S/C15H22N2O5.ClH/c1-22-12-8-10(17(20)21)7-11(15(12)19)13(16)14(18)9-5-3-2-4-6-9;/h7-9,13-14,18-19H,2-6,16H2,1H3;1H/t13-,14+;/m1./s1. The number of aliphatic hydroxyl groups excluding tert-OH is 1. The fraction of sp³-hybridized carbons (Fsp3) is 0.600. The molecule has 7 nitrogen and oxygen atoms in total. The average Bonchev–Trinajstić information content (AvgIpc) is 2.54. The molecule has 0 amide bonds. The molecule has 23 heavy (non-hydrogen) atoms. The molecular formula is C15H23ClN2O5. The van der Waals surface area contributed by atoms with E-state index in [1.54, 1.807) is 0 Å². The van der Waals surface area contributed by atoms with Gasteiger partial charge in [0.2, 0.25) is 0 Å². The number of nitro benzene ring substituents is 1. The summed E-state index contributed by atoms with van der Waals surface area (Å²) in [5, 5.41) is 31.6. The van der Waals surface area contributed by atoms with E-state index in [-0.39, 0.29) is 41.1 Å². The summed E-state index contributed by atoms with van der Waals surface area (Å²) in [5.74, 6) is -0.223. The second-order valence-electron chi connectivity index (χ2n) is 5.76. The van der Waals surface area contributed by atoms with Crippen LogP contribution in [0.2, 0.25) is 0 Å². The molecule has 0 aromatic heterocycles. The van der Waals surface area contributed by atoms with Gasteiger partial charge in [-0.25, -0.2) is 0 Å². The lowest BCUT2D eigenvalue weighted by atomic mass is 9.81. The van der Waals surface area contributed by atoms with Crippen molar-refractivity contribution < 1.29 is 19.9 Å². The van der Waals surface area contributed by atoms with E-state index >= 15 is 0 Å². The number of halogens is 1. The molecule has 1 aliphatic rings. The molecule has 0 heterocycles. The highest BCUT2D eigenvalue weighted by Crippen LogP contribution is 2.40. The van der Waals surface area contributed by atoms with Crippen LogP contribution in [0, 0.1) is 16.0 Å². The van der Waals surface area contributed by atoms with Crippen molar-refractivity contribution in [2.45, 2.75) is 44.2 Å². The molecule has 0 spiro atoms. The number of aliphatic hydroxyl groups is 1. The van der Waals surface area contributed by atoms with Crippen LogP contribution in [0.15, 0.2) is 12.1 Å². The SMILES string of the molecule is COc1cc([N+](=O)[O-])cc([C@@H](N)[C@@H](O)C2CCCCC2)c1O.Cl. The lowest BCUT2D eigenvalue weighted by Crippen LogP contribution is -2.34. The molecule has 1 aromatic rings. The fourth-order valence-electron chi connectivity index (χ4n) is 3.08. The van der Waals surface area contributed by atoms with E-state index < -0.39 is 17.1 Å². The van der Waals surface area contributed by atoms with Crippen molar-refractivity contribution in [2.24, 2.45) is 11.7 Å². The summed E-state index contributed by atoms with van der Waals surface area (Å²) in [7, 11) is 1.31. The highest BCUT2D eigenvalue weighted by atomic mass is 35.5. The summed E-state index contributed by atoms with van der Waals surface area (Å²) in [4.78, 5) is 10.4. The van der Waals surface area contributed by atoms with E-state index in [2.05, 4.69) is 0 Å². The van der Waals surface area contributed by atoms with Crippen molar-refractivity contribution in [1.82, 2.24) is 0 Å². The number of rotatable bonds is 5. The molecule has 130 valence electrons. The Hall–Kier alpha value is -1.57. The number of aromatic hydroxyl groups is 1. The largest absolute Gasteiger partial charge is 0.504 e. The average molecular weight is 347 g/mol. The Balaban J connectivity index is 0.00000264. The Morgan fingerprint density at radius 1 is 1.35 bits per heavy atom. The van der Waals surface area contributed by atoms with Crippen LogP contribution >= 0.6 is 12.4 Å². The summed E-state index contributed by atoms with van der Waals surface area (Å²) in [6, 6.07) is 1.45. The molecule has 1 saturated carbocycles. The highest BCUT2D eigenvalue weighted by molar-refractivity contribution is 5.85. The number of nitro groups is 1. The molecule has 1 aromatic carbocycles. The zero-order valence-corrected chi connectivity index (χ0v) is 13.8. The predicted molar refractivity (Wildman–Crippen MR) is 88.1 cm³/mol. The van der Waals surface area contributed by atoms with Gasteiger partial charge in [-0.05, 0) is 18.8 Å². The second-order valence-corrected chi connectivity index (χ2v) is 5.76. The lowest BCUT2D eigenvalue weighted by Gasteiger charge is -2.30. The number of benzene rings is 1. The van der Waals surface area contributed by atoms with Gasteiger partial charge in [-0.3, -0.25) is 10.1 Å². The molecule has 1 fully saturated rings. The summed E-state index contributed by atoms with van der Waals surface area (Å²) in [6.45, 7) is 0. The van der Waals surface area contributed by atoms with Crippen LogP contribution in [0.5, 0.6) is 11.5 Å². The van der Waals surface area contributed by atoms with Gasteiger partial charge in [0, 0.05) is 11.6 Å². The fourth-order valence-corrected chi connectivity index (χ4v) is 3.08. The Morgan fingerprint density at radius 2 is 1.96 bits per heavy atom. The lowest BCUT2D eigenvalue weighted by molar-refractivity contribution is -0.385. The first kappa shape index (κ1) is 19.5. The minimum atomic E-state index is -0.892. The van der Waals surface area contributed by atoms with E-state index in [0.717, 1.165) is 38.2 Å². The predicted octanol–water partition coefficient (Wildman–Crippen LogP) is 2.67. The summed E-state index contributed by atoms with van der Waals surface area (Å²) in [5.41, 5.74) is 5.99. The Morgan fingerprint density at radius 3 is 2.48 bits per heavy atom. The number of phenols is 1. The van der Waals surface area contributed by atoms with E-state index in [0.29, 0.717) is 0 Å². The van der Waals surface area contributed by atoms with Crippen LogP contribution in [0.3, 0.4) is 0 Å². The van der Waals surface area contributed by atoms with Gasteiger partial charge in [0.15, 0.2) is 11.5 Å². The molecular weight excluding hydrogens is 324 g/mol. The maximum absolute atomic E-state index is 11.0. The van der Waals surface area contributed by atoms with E-state index in [1.165, 1.54) is 13.2 Å². The van der Waals surface area contributed by atoms with Gasteiger partial charge in [-0.1, -0.05) is 19.3 Å². The van der Waals surface area contributed by atoms with Crippen molar-refractivity contribution in [3.63, 3.8) is 0 Å². The molecule has 0 unspecified atom stereocenters. The monoisotopic (exact) mass is 346 g/mol. The van der Waals surface area contributed by atoms with Crippen LogP contribution in [0.25, 0.3) is 0 Å². The third kappa shape index (κ3) is 4.25. The van der Waals surface area contributed by atoms with Crippen molar-refractivity contribution in [2.75, 3.05) is 7.11 Å². The van der Waals surface area contributed by atoms with Crippen LogP contribution in [0.1, 0.15) is 43.7 Å². The van der Waals surface area contributed by atoms with E-state index in [9.17, 15) is 20.3 Å². The van der Waals surface area contributed by atoms with Crippen molar-refractivity contribution in [1.29, 1.82) is 0 Å². The molecule has 2 atom stereocenters. The van der Waals surface area contributed by atoms with Gasteiger partial charge in [0.25, 0.3) is 5.69 Å².